The summed E-state index contributed by atoms with van der Waals surface area (Å²) in [5.74, 6) is 1.17. The molecule has 1 saturated heterocycles. The highest BCUT2D eigenvalue weighted by Gasteiger charge is 2.32. The van der Waals surface area contributed by atoms with Crippen LogP contribution in [0.3, 0.4) is 0 Å². The first kappa shape index (κ1) is 22.7. The molecule has 2 aromatic carbocycles. The van der Waals surface area contributed by atoms with Gasteiger partial charge < -0.3 is 24.2 Å². The van der Waals surface area contributed by atoms with Gasteiger partial charge in [0.05, 0.1) is 27.2 Å². The van der Waals surface area contributed by atoms with E-state index < -0.39 is 10.0 Å². The largest absolute Gasteiger partial charge is 0.508 e. The van der Waals surface area contributed by atoms with Gasteiger partial charge in [-0.05, 0) is 24.3 Å². The number of methoxy groups -OCH3 is 2. The third-order valence-corrected chi connectivity index (χ3v) is 6.92. The Morgan fingerprint density at radius 3 is 2.39 bits per heavy atom. The maximum atomic E-state index is 13.1. The minimum Gasteiger partial charge on any atom is -0.508 e. The van der Waals surface area contributed by atoms with Crippen LogP contribution in [0.2, 0.25) is 0 Å². The summed E-state index contributed by atoms with van der Waals surface area (Å²) in [7, 11) is -0.869. The van der Waals surface area contributed by atoms with Crippen molar-refractivity contribution in [3.05, 3.63) is 42.5 Å². The number of carbonyl (C=O) groups excluding carboxylic acids is 1. The normalized spacial score (nSPS) is 14.8. The van der Waals surface area contributed by atoms with E-state index in [1.165, 1.54) is 42.8 Å². The second-order valence-electron chi connectivity index (χ2n) is 6.90. The third kappa shape index (κ3) is 5.39. The molecule has 1 aliphatic heterocycles. The van der Waals surface area contributed by atoms with Crippen molar-refractivity contribution in [2.24, 2.45) is 0 Å². The molecule has 0 atom stereocenters. The van der Waals surface area contributed by atoms with Crippen LogP contribution in [0.1, 0.15) is 6.42 Å². The number of hydrogen-bond acceptors (Lipinski definition) is 7. The molecule has 0 unspecified atom stereocenters. The van der Waals surface area contributed by atoms with Gasteiger partial charge in [0.25, 0.3) is 0 Å². The van der Waals surface area contributed by atoms with Crippen LogP contribution in [-0.2, 0) is 14.8 Å². The molecule has 31 heavy (non-hydrogen) atoms. The van der Waals surface area contributed by atoms with E-state index in [0.717, 1.165) is 0 Å². The molecule has 0 bridgehead atoms. The molecule has 168 valence electrons. The summed E-state index contributed by atoms with van der Waals surface area (Å²) in [4.78, 5) is 14.1. The minimum absolute atomic E-state index is 0.0649. The highest BCUT2D eigenvalue weighted by Crippen LogP contribution is 2.31. The topological polar surface area (TPSA) is 106 Å². The van der Waals surface area contributed by atoms with Crippen molar-refractivity contribution in [1.29, 1.82) is 0 Å². The number of carbonyl (C=O) groups is 1. The molecule has 0 aromatic heterocycles. The standard InChI is InChI=1S/C21H26N2O7S/c1-28-17-6-7-20(19(15-17)29-2)31(26,27)23-11-9-22(10-12-23)21(25)8-13-30-18-5-3-4-16(24)14-18/h3-7,14-15,24H,8-13H2,1-2H3. The van der Waals surface area contributed by atoms with E-state index in [1.807, 2.05) is 0 Å². The summed E-state index contributed by atoms with van der Waals surface area (Å²) in [6, 6.07) is 10.9. The Labute approximate surface area is 181 Å². The zero-order chi connectivity index (χ0) is 22.4. The van der Waals surface area contributed by atoms with Gasteiger partial charge in [0.15, 0.2) is 0 Å². The van der Waals surface area contributed by atoms with Gasteiger partial charge in [-0.15, -0.1) is 0 Å². The number of benzene rings is 2. The Morgan fingerprint density at radius 1 is 1.00 bits per heavy atom. The van der Waals surface area contributed by atoms with Crippen molar-refractivity contribution in [1.82, 2.24) is 9.21 Å². The molecule has 0 aliphatic carbocycles. The second kappa shape index (κ2) is 9.88. The number of aromatic hydroxyl groups is 1. The maximum absolute atomic E-state index is 13.1. The first-order valence-corrected chi connectivity index (χ1v) is 11.2. The van der Waals surface area contributed by atoms with Crippen molar-refractivity contribution < 1.29 is 32.5 Å². The lowest BCUT2D eigenvalue weighted by atomic mass is 10.3. The van der Waals surface area contributed by atoms with Crippen molar-refractivity contribution in [3.63, 3.8) is 0 Å². The van der Waals surface area contributed by atoms with Crippen LogP contribution in [0.25, 0.3) is 0 Å². The minimum atomic E-state index is -3.77. The number of phenols is 1. The smallest absolute Gasteiger partial charge is 0.246 e. The lowest BCUT2D eigenvalue weighted by Crippen LogP contribution is -2.50. The van der Waals surface area contributed by atoms with Crippen LogP contribution in [0, 0.1) is 0 Å². The van der Waals surface area contributed by atoms with Gasteiger partial charge in [-0.1, -0.05) is 6.07 Å². The van der Waals surface area contributed by atoms with Gasteiger partial charge in [-0.2, -0.15) is 4.31 Å². The van der Waals surface area contributed by atoms with E-state index in [4.69, 9.17) is 14.2 Å². The Bertz CT molecular complexity index is 1020. The summed E-state index contributed by atoms with van der Waals surface area (Å²) in [6.45, 7) is 1.14. The molecular formula is C21H26N2O7S. The van der Waals surface area contributed by atoms with E-state index in [2.05, 4.69) is 0 Å². The van der Waals surface area contributed by atoms with E-state index in [0.29, 0.717) is 24.6 Å². The van der Waals surface area contributed by atoms with Crippen LogP contribution in [0.5, 0.6) is 23.0 Å². The Kier molecular flexibility index (Phi) is 7.24. The molecule has 0 saturated carbocycles. The molecule has 1 aliphatic rings. The van der Waals surface area contributed by atoms with Crippen molar-refractivity contribution in [2.75, 3.05) is 47.0 Å². The monoisotopic (exact) mass is 450 g/mol. The third-order valence-electron chi connectivity index (χ3n) is 4.98. The zero-order valence-electron chi connectivity index (χ0n) is 17.5. The Hall–Kier alpha value is -2.98. The van der Waals surface area contributed by atoms with Gasteiger partial charge in [0.1, 0.15) is 27.9 Å². The van der Waals surface area contributed by atoms with Gasteiger partial charge in [0.2, 0.25) is 15.9 Å². The molecular weight excluding hydrogens is 424 g/mol. The van der Waals surface area contributed by atoms with Gasteiger partial charge in [0, 0.05) is 38.3 Å². The molecule has 0 spiro atoms. The van der Waals surface area contributed by atoms with Gasteiger partial charge >= 0.3 is 0 Å². The van der Waals surface area contributed by atoms with Crippen molar-refractivity contribution in [3.8, 4) is 23.0 Å². The summed E-state index contributed by atoms with van der Waals surface area (Å²) in [6.07, 6.45) is 0.161. The molecule has 9 nitrogen and oxygen atoms in total. The number of hydrogen-bond donors (Lipinski definition) is 1. The fourth-order valence-corrected chi connectivity index (χ4v) is 4.85. The lowest BCUT2D eigenvalue weighted by Gasteiger charge is -2.34. The average Bonchev–Trinajstić information content (AvgIpc) is 2.78. The lowest BCUT2D eigenvalue weighted by molar-refractivity contribution is -0.132. The number of rotatable bonds is 8. The molecule has 1 heterocycles. The predicted molar refractivity (Wildman–Crippen MR) is 113 cm³/mol. The fraction of sp³-hybridized carbons (Fsp3) is 0.381. The van der Waals surface area contributed by atoms with E-state index >= 15 is 0 Å². The van der Waals surface area contributed by atoms with Crippen LogP contribution in [0.15, 0.2) is 47.4 Å². The number of phenolic OH excluding ortho intramolecular Hbond substituents is 1. The first-order valence-electron chi connectivity index (χ1n) is 9.77. The molecule has 10 heteroatoms. The summed E-state index contributed by atoms with van der Waals surface area (Å²) < 4.78 is 43.3. The molecule has 1 N–H and O–H groups in total. The van der Waals surface area contributed by atoms with E-state index in [1.54, 1.807) is 23.1 Å². The molecule has 2 aromatic rings. The molecule has 1 amide bonds. The van der Waals surface area contributed by atoms with Crippen molar-refractivity contribution >= 4 is 15.9 Å². The highest BCUT2D eigenvalue weighted by molar-refractivity contribution is 7.89. The number of ether oxygens (including phenoxy) is 3. The predicted octanol–water partition coefficient (Wildman–Crippen LogP) is 1.71. The SMILES string of the molecule is COc1ccc(S(=O)(=O)N2CCN(C(=O)CCOc3cccc(O)c3)CC2)c(OC)c1. The van der Waals surface area contributed by atoms with Crippen LogP contribution < -0.4 is 14.2 Å². The van der Waals surface area contributed by atoms with Crippen LogP contribution in [0.4, 0.5) is 0 Å². The average molecular weight is 451 g/mol. The van der Waals surface area contributed by atoms with Crippen molar-refractivity contribution in [2.45, 2.75) is 11.3 Å². The number of piperazine rings is 1. The van der Waals surface area contributed by atoms with Crippen LogP contribution in [-0.4, -0.2) is 75.6 Å². The zero-order valence-corrected chi connectivity index (χ0v) is 18.3. The summed E-state index contributed by atoms with van der Waals surface area (Å²) >= 11 is 0. The van der Waals surface area contributed by atoms with E-state index in [-0.39, 0.29) is 48.4 Å². The molecule has 1 fully saturated rings. The van der Waals surface area contributed by atoms with Gasteiger partial charge in [-0.25, -0.2) is 8.42 Å². The van der Waals surface area contributed by atoms with E-state index in [9.17, 15) is 18.3 Å². The first-order chi connectivity index (χ1) is 14.8. The molecule has 3 rings (SSSR count). The molecule has 0 radical (unpaired) electrons. The quantitative estimate of drug-likeness (QED) is 0.653. The number of sulfonamides is 1. The summed E-state index contributed by atoms with van der Waals surface area (Å²) in [5, 5.41) is 9.43. The fourth-order valence-electron chi connectivity index (χ4n) is 3.29. The Balaban J connectivity index is 1.55. The second-order valence-corrected chi connectivity index (χ2v) is 8.80. The summed E-state index contributed by atoms with van der Waals surface area (Å²) in [5.41, 5.74) is 0. The highest BCUT2D eigenvalue weighted by atomic mass is 32.2. The maximum Gasteiger partial charge on any atom is 0.246 e. The Morgan fingerprint density at radius 2 is 1.74 bits per heavy atom. The number of amides is 1. The number of nitrogens with zero attached hydrogens (tertiary/aromatic N) is 2. The van der Waals surface area contributed by atoms with Gasteiger partial charge in [-0.3, -0.25) is 4.79 Å². The van der Waals surface area contributed by atoms with Crippen LogP contribution >= 0.6 is 0 Å².